The number of carbonyl (C=O) groups is 2. The number of hydrogen-bond donors (Lipinski definition) is 1. The van der Waals surface area contributed by atoms with Gasteiger partial charge in [-0.1, -0.05) is 42.5 Å². The molecule has 2 aromatic rings. The highest BCUT2D eigenvalue weighted by atomic mass is 32.2. The molecule has 0 aliphatic carbocycles. The van der Waals surface area contributed by atoms with Crippen LogP contribution in [0.1, 0.15) is 30.1 Å². The molecule has 2 heterocycles. The molecule has 1 saturated heterocycles. The van der Waals surface area contributed by atoms with Gasteiger partial charge < -0.3 is 14.4 Å². The third-order valence-electron chi connectivity index (χ3n) is 5.37. The summed E-state index contributed by atoms with van der Waals surface area (Å²) in [6.07, 6.45) is -0.624. The number of esters is 1. The average molecular weight is 472 g/mol. The highest BCUT2D eigenvalue weighted by Gasteiger charge is 2.31. The van der Waals surface area contributed by atoms with Gasteiger partial charge in [0.05, 0.1) is 18.1 Å². The maximum Gasteiger partial charge on any atom is 0.306 e. The highest BCUT2D eigenvalue weighted by Crippen LogP contribution is 2.23. The minimum absolute atomic E-state index is 0.0465. The van der Waals surface area contributed by atoms with E-state index in [9.17, 15) is 18.0 Å². The van der Waals surface area contributed by atoms with Crippen LogP contribution in [0.25, 0.3) is 0 Å². The SMILES string of the molecule is O=C(CCCN=C1NS(=O)(=O)c2ccccc21)OC(C(=O)N1CCOCC1)c1ccccc1. The maximum absolute atomic E-state index is 13.0. The minimum atomic E-state index is -3.60. The summed E-state index contributed by atoms with van der Waals surface area (Å²) in [6.45, 7) is 2.04. The molecule has 1 N–H and O–H groups in total. The molecule has 1 atom stereocenters. The van der Waals surface area contributed by atoms with E-state index in [-0.39, 0.29) is 29.6 Å². The second kappa shape index (κ2) is 10.1. The summed E-state index contributed by atoms with van der Waals surface area (Å²) in [6, 6.07) is 15.5. The predicted octanol–water partition coefficient (Wildman–Crippen LogP) is 1.65. The molecule has 0 bridgehead atoms. The van der Waals surface area contributed by atoms with Crippen molar-refractivity contribution in [1.29, 1.82) is 0 Å². The Balaban J connectivity index is 1.36. The molecule has 4 rings (SSSR count). The van der Waals surface area contributed by atoms with E-state index in [0.717, 1.165) is 0 Å². The van der Waals surface area contributed by atoms with Crippen LogP contribution in [-0.2, 0) is 29.1 Å². The van der Waals surface area contributed by atoms with Gasteiger partial charge in [0, 0.05) is 37.2 Å². The third-order valence-corrected chi connectivity index (χ3v) is 6.77. The Hall–Kier alpha value is -3.24. The monoisotopic (exact) mass is 471 g/mol. The van der Waals surface area contributed by atoms with Gasteiger partial charge in [0.2, 0.25) is 6.10 Å². The summed E-state index contributed by atoms with van der Waals surface area (Å²) in [5.74, 6) is -0.517. The molecule has 2 aliphatic heterocycles. The Bertz CT molecular complexity index is 1140. The lowest BCUT2D eigenvalue weighted by Crippen LogP contribution is -2.44. The minimum Gasteiger partial charge on any atom is -0.447 e. The number of aliphatic imine (C=N–C) groups is 1. The summed E-state index contributed by atoms with van der Waals surface area (Å²) in [5.41, 5.74) is 1.12. The first kappa shape index (κ1) is 22.9. The van der Waals surface area contributed by atoms with Crippen LogP contribution in [0.5, 0.6) is 0 Å². The molecule has 0 spiro atoms. The van der Waals surface area contributed by atoms with Gasteiger partial charge >= 0.3 is 5.97 Å². The van der Waals surface area contributed by atoms with E-state index in [0.29, 0.717) is 43.9 Å². The smallest absolute Gasteiger partial charge is 0.306 e. The second-order valence-corrected chi connectivity index (χ2v) is 9.30. The van der Waals surface area contributed by atoms with Crippen molar-refractivity contribution in [1.82, 2.24) is 9.62 Å². The summed E-state index contributed by atoms with van der Waals surface area (Å²) in [4.78, 5) is 31.7. The van der Waals surface area contributed by atoms with E-state index in [4.69, 9.17) is 9.47 Å². The molecule has 1 unspecified atom stereocenters. The third kappa shape index (κ3) is 5.40. The fourth-order valence-electron chi connectivity index (χ4n) is 3.69. The van der Waals surface area contributed by atoms with Crippen molar-refractivity contribution in [2.45, 2.75) is 23.8 Å². The van der Waals surface area contributed by atoms with Gasteiger partial charge in [-0.25, -0.2) is 8.42 Å². The Morgan fingerprint density at radius 2 is 1.76 bits per heavy atom. The lowest BCUT2D eigenvalue weighted by Gasteiger charge is -2.30. The van der Waals surface area contributed by atoms with E-state index in [1.54, 1.807) is 47.4 Å². The average Bonchev–Trinajstić information content (AvgIpc) is 3.11. The number of nitrogens with zero attached hydrogens (tertiary/aromatic N) is 2. The van der Waals surface area contributed by atoms with Crippen molar-refractivity contribution < 1.29 is 27.5 Å². The molecule has 2 aromatic carbocycles. The fourth-order valence-corrected chi connectivity index (χ4v) is 4.95. The van der Waals surface area contributed by atoms with Crippen LogP contribution in [0.4, 0.5) is 0 Å². The lowest BCUT2D eigenvalue weighted by molar-refractivity contribution is -0.162. The van der Waals surface area contributed by atoms with E-state index in [2.05, 4.69) is 9.71 Å². The van der Waals surface area contributed by atoms with Gasteiger partial charge in [-0.2, -0.15) is 0 Å². The van der Waals surface area contributed by atoms with E-state index in [1.807, 2.05) is 6.07 Å². The number of hydrogen-bond acceptors (Lipinski definition) is 7. The molecule has 0 aromatic heterocycles. The Labute approximate surface area is 192 Å². The van der Waals surface area contributed by atoms with Crippen LogP contribution in [0.15, 0.2) is 64.5 Å². The Morgan fingerprint density at radius 1 is 1.06 bits per heavy atom. The Morgan fingerprint density at radius 3 is 2.52 bits per heavy atom. The number of amidine groups is 1. The first-order chi connectivity index (χ1) is 16.0. The van der Waals surface area contributed by atoms with Crippen LogP contribution in [0, 0.1) is 0 Å². The van der Waals surface area contributed by atoms with E-state index in [1.165, 1.54) is 6.07 Å². The molecule has 0 radical (unpaired) electrons. The van der Waals surface area contributed by atoms with Crippen LogP contribution in [0.3, 0.4) is 0 Å². The van der Waals surface area contributed by atoms with Gasteiger partial charge in [0.1, 0.15) is 5.84 Å². The standard InChI is InChI=1S/C23H25N3O6S/c27-20(11-6-12-24-22-18-9-4-5-10-19(18)33(29,30)25-22)32-21(17-7-2-1-3-8-17)23(28)26-13-15-31-16-14-26/h1-5,7-10,21H,6,11-16H2,(H,24,25). The largest absolute Gasteiger partial charge is 0.447 e. The number of morpholine rings is 1. The van der Waals surface area contributed by atoms with Gasteiger partial charge in [-0.3, -0.25) is 19.3 Å². The molecule has 0 saturated carbocycles. The molecular weight excluding hydrogens is 446 g/mol. The van der Waals surface area contributed by atoms with Crippen molar-refractivity contribution in [2.24, 2.45) is 4.99 Å². The van der Waals surface area contributed by atoms with Crippen LogP contribution < -0.4 is 4.72 Å². The number of rotatable bonds is 7. The molecule has 9 nitrogen and oxygen atoms in total. The Kier molecular flexibility index (Phi) is 7.05. The van der Waals surface area contributed by atoms with Crippen molar-refractivity contribution in [3.63, 3.8) is 0 Å². The van der Waals surface area contributed by atoms with E-state index >= 15 is 0 Å². The molecule has 174 valence electrons. The van der Waals surface area contributed by atoms with Gasteiger partial charge in [-0.15, -0.1) is 0 Å². The molecular formula is C23H25N3O6S. The number of fused-ring (bicyclic) bond motifs is 1. The molecule has 2 aliphatic rings. The number of carbonyl (C=O) groups excluding carboxylic acids is 2. The molecule has 1 amide bonds. The van der Waals surface area contributed by atoms with Crippen LogP contribution in [-0.4, -0.2) is 63.9 Å². The highest BCUT2D eigenvalue weighted by molar-refractivity contribution is 7.90. The van der Waals surface area contributed by atoms with Crippen LogP contribution in [0.2, 0.25) is 0 Å². The first-order valence-electron chi connectivity index (χ1n) is 10.7. The van der Waals surface area contributed by atoms with Gasteiger partial charge in [0.25, 0.3) is 15.9 Å². The second-order valence-electron chi connectivity index (χ2n) is 7.65. The quantitative estimate of drug-likeness (QED) is 0.485. The summed E-state index contributed by atoms with van der Waals surface area (Å²) >= 11 is 0. The first-order valence-corrected chi connectivity index (χ1v) is 12.2. The predicted molar refractivity (Wildman–Crippen MR) is 120 cm³/mol. The number of sulfonamides is 1. The lowest BCUT2D eigenvalue weighted by atomic mass is 10.1. The zero-order chi connectivity index (χ0) is 23.3. The normalized spacial score (nSPS) is 18.9. The van der Waals surface area contributed by atoms with Crippen molar-refractivity contribution >= 4 is 27.7 Å². The zero-order valence-corrected chi connectivity index (χ0v) is 18.8. The number of ether oxygens (including phenoxy) is 2. The summed E-state index contributed by atoms with van der Waals surface area (Å²) in [5, 5.41) is 0. The topological polar surface area (TPSA) is 114 Å². The van der Waals surface area contributed by atoms with E-state index < -0.39 is 22.1 Å². The van der Waals surface area contributed by atoms with Crippen molar-refractivity contribution in [3.8, 4) is 0 Å². The van der Waals surface area contributed by atoms with Crippen molar-refractivity contribution in [3.05, 3.63) is 65.7 Å². The van der Waals surface area contributed by atoms with Gasteiger partial charge in [0.15, 0.2) is 0 Å². The molecule has 10 heteroatoms. The number of amides is 1. The fraction of sp³-hybridized carbons (Fsp3) is 0.348. The number of benzene rings is 2. The van der Waals surface area contributed by atoms with Crippen molar-refractivity contribution in [2.75, 3.05) is 32.8 Å². The summed E-state index contributed by atoms with van der Waals surface area (Å²) in [7, 11) is -3.60. The maximum atomic E-state index is 13.0. The molecule has 33 heavy (non-hydrogen) atoms. The molecule has 1 fully saturated rings. The van der Waals surface area contributed by atoms with Crippen LogP contribution >= 0.6 is 0 Å². The summed E-state index contributed by atoms with van der Waals surface area (Å²) < 4.78 is 37.6. The van der Waals surface area contributed by atoms with Gasteiger partial charge in [-0.05, 0) is 18.6 Å². The number of nitrogens with one attached hydrogen (secondary N) is 1. The zero-order valence-electron chi connectivity index (χ0n) is 18.0.